The molecule has 2 heterocycles. The van der Waals surface area contributed by atoms with Crippen LogP contribution in [0.1, 0.15) is 18.4 Å². The largest absolute Gasteiger partial charge is 0.381 e. The fraction of sp³-hybridized carbons (Fsp3) is 0.462. The lowest BCUT2D eigenvalue weighted by atomic mass is 10.1. The summed E-state index contributed by atoms with van der Waals surface area (Å²) in [5.74, 6) is 0. The van der Waals surface area contributed by atoms with Crippen molar-refractivity contribution in [3.05, 3.63) is 23.8 Å². The third kappa shape index (κ3) is 2.32. The van der Waals surface area contributed by atoms with Gasteiger partial charge in [0.15, 0.2) is 5.17 Å². The Morgan fingerprint density at radius 1 is 1.35 bits per heavy atom. The van der Waals surface area contributed by atoms with E-state index in [1.807, 2.05) is 6.07 Å². The summed E-state index contributed by atoms with van der Waals surface area (Å²) in [4.78, 5) is 2.37. The summed E-state index contributed by atoms with van der Waals surface area (Å²) in [7, 11) is -1.90. The zero-order valence-corrected chi connectivity index (χ0v) is 12.6. The normalized spacial score (nSPS) is 21.7. The van der Waals surface area contributed by atoms with E-state index in [0.717, 1.165) is 31.6 Å². The van der Waals surface area contributed by atoms with Crippen LogP contribution in [0.25, 0.3) is 0 Å². The summed E-state index contributed by atoms with van der Waals surface area (Å²) in [5, 5.41) is 0.0460. The van der Waals surface area contributed by atoms with Crippen molar-refractivity contribution in [2.24, 2.45) is 4.40 Å². The number of hydrogen-bond acceptors (Lipinski definition) is 4. The average molecular weight is 315 g/mol. The maximum atomic E-state index is 11.9. The summed E-state index contributed by atoms with van der Waals surface area (Å²) in [6, 6.07) is 5.28. The molecule has 108 valence electrons. The third-order valence-corrected chi connectivity index (χ3v) is 5.51. The van der Waals surface area contributed by atoms with E-state index in [4.69, 9.17) is 16.3 Å². The summed E-state index contributed by atoms with van der Waals surface area (Å²) in [6.45, 7) is 1.71. The van der Waals surface area contributed by atoms with Crippen LogP contribution >= 0.6 is 11.6 Å². The maximum absolute atomic E-state index is 11.9. The van der Waals surface area contributed by atoms with E-state index in [-0.39, 0.29) is 10.1 Å². The van der Waals surface area contributed by atoms with Gasteiger partial charge in [-0.1, -0.05) is 11.6 Å². The number of fused-ring (bicyclic) bond motifs is 1. The van der Waals surface area contributed by atoms with Crippen LogP contribution in [0.15, 0.2) is 27.5 Å². The molecular formula is C13H15ClN2O3S. The second-order valence-electron chi connectivity index (χ2n) is 4.96. The van der Waals surface area contributed by atoms with Gasteiger partial charge in [0.25, 0.3) is 10.0 Å². The molecule has 0 atom stereocenters. The second kappa shape index (κ2) is 5.02. The van der Waals surface area contributed by atoms with Crippen LogP contribution in [0.5, 0.6) is 0 Å². The molecule has 1 aromatic carbocycles. The van der Waals surface area contributed by atoms with Crippen LogP contribution in [0, 0.1) is 0 Å². The van der Waals surface area contributed by atoms with Gasteiger partial charge in [-0.05, 0) is 31.0 Å². The predicted octanol–water partition coefficient (Wildman–Crippen LogP) is 1.99. The number of hydrogen-bond donors (Lipinski definition) is 0. The van der Waals surface area contributed by atoms with Crippen molar-refractivity contribution in [1.82, 2.24) is 0 Å². The van der Waals surface area contributed by atoms with Crippen molar-refractivity contribution in [2.75, 3.05) is 25.1 Å². The Balaban J connectivity index is 1.88. The Kier molecular flexibility index (Phi) is 3.48. The third-order valence-electron chi connectivity index (χ3n) is 3.81. The zero-order valence-electron chi connectivity index (χ0n) is 11.0. The number of piperidine rings is 1. The van der Waals surface area contributed by atoms with E-state index < -0.39 is 10.0 Å². The molecule has 0 aliphatic carbocycles. The fourth-order valence-corrected chi connectivity index (χ4v) is 4.26. The highest BCUT2D eigenvalue weighted by Gasteiger charge is 2.29. The first-order chi connectivity index (χ1) is 9.51. The highest BCUT2D eigenvalue weighted by Crippen LogP contribution is 2.32. The van der Waals surface area contributed by atoms with Crippen LogP contribution < -0.4 is 4.90 Å². The molecule has 0 saturated carbocycles. The van der Waals surface area contributed by atoms with E-state index in [2.05, 4.69) is 9.30 Å². The average Bonchev–Trinajstić information content (AvgIpc) is 2.68. The molecule has 0 aromatic heterocycles. The van der Waals surface area contributed by atoms with E-state index in [9.17, 15) is 8.42 Å². The van der Waals surface area contributed by atoms with Crippen molar-refractivity contribution >= 4 is 32.5 Å². The minimum Gasteiger partial charge on any atom is -0.381 e. The molecule has 2 aliphatic rings. The minimum atomic E-state index is -3.63. The Labute approximate surface area is 123 Å². The van der Waals surface area contributed by atoms with Crippen molar-refractivity contribution in [1.29, 1.82) is 0 Å². The number of halogens is 1. The lowest BCUT2D eigenvalue weighted by Crippen LogP contribution is -2.36. The number of rotatable bonds is 2. The van der Waals surface area contributed by atoms with Crippen molar-refractivity contribution < 1.29 is 13.2 Å². The fourth-order valence-electron chi connectivity index (χ4n) is 2.65. The molecular weight excluding hydrogens is 300 g/mol. The molecule has 1 fully saturated rings. The molecule has 3 rings (SSSR count). The highest BCUT2D eigenvalue weighted by molar-refractivity contribution is 7.91. The summed E-state index contributed by atoms with van der Waals surface area (Å²) in [6.07, 6.45) is 2.18. The lowest BCUT2D eigenvalue weighted by Gasteiger charge is -2.33. The topological polar surface area (TPSA) is 59.0 Å². The van der Waals surface area contributed by atoms with Crippen LogP contribution in [-0.4, -0.2) is 39.9 Å². The van der Waals surface area contributed by atoms with Crippen molar-refractivity contribution in [3.8, 4) is 0 Å². The number of benzene rings is 1. The first kappa shape index (κ1) is 13.9. The molecule has 2 aliphatic heterocycles. The van der Waals surface area contributed by atoms with Gasteiger partial charge in [-0.3, -0.25) is 0 Å². The molecule has 0 unspecified atom stereocenters. The SMILES string of the molecule is COC1CCN(c2ccc3c(c2)S(=O)(=O)N=C3Cl)CC1. The quantitative estimate of drug-likeness (QED) is 0.837. The number of methoxy groups -OCH3 is 1. The van der Waals surface area contributed by atoms with Crippen molar-refractivity contribution in [2.45, 2.75) is 23.8 Å². The van der Waals surface area contributed by atoms with Crippen LogP contribution in [0.3, 0.4) is 0 Å². The van der Waals surface area contributed by atoms with E-state index in [1.54, 1.807) is 19.2 Å². The Morgan fingerprint density at radius 2 is 2.05 bits per heavy atom. The number of sulfonamides is 1. The summed E-state index contributed by atoms with van der Waals surface area (Å²) in [5.41, 5.74) is 1.38. The summed E-state index contributed by atoms with van der Waals surface area (Å²) >= 11 is 5.84. The summed E-state index contributed by atoms with van der Waals surface area (Å²) < 4.78 is 32.6. The van der Waals surface area contributed by atoms with Gasteiger partial charge in [0.1, 0.15) is 4.90 Å². The number of anilines is 1. The van der Waals surface area contributed by atoms with Gasteiger partial charge in [-0.2, -0.15) is 8.42 Å². The van der Waals surface area contributed by atoms with Crippen LogP contribution in [0.2, 0.25) is 0 Å². The van der Waals surface area contributed by atoms with Gasteiger partial charge in [-0.15, -0.1) is 4.40 Å². The predicted molar refractivity (Wildman–Crippen MR) is 78.3 cm³/mol. The molecule has 0 radical (unpaired) electrons. The van der Waals surface area contributed by atoms with E-state index in [1.165, 1.54) is 0 Å². The lowest BCUT2D eigenvalue weighted by molar-refractivity contribution is 0.0819. The van der Waals surface area contributed by atoms with Crippen molar-refractivity contribution in [3.63, 3.8) is 0 Å². The van der Waals surface area contributed by atoms with Gasteiger partial charge in [0.05, 0.1) is 6.10 Å². The molecule has 5 nitrogen and oxygen atoms in total. The second-order valence-corrected chi connectivity index (χ2v) is 6.89. The van der Waals surface area contributed by atoms with Gasteiger partial charge >= 0.3 is 0 Å². The molecule has 0 bridgehead atoms. The Morgan fingerprint density at radius 3 is 2.70 bits per heavy atom. The maximum Gasteiger partial charge on any atom is 0.284 e. The first-order valence-corrected chi connectivity index (χ1v) is 8.26. The molecule has 1 saturated heterocycles. The van der Waals surface area contributed by atoms with Gasteiger partial charge < -0.3 is 9.64 Å². The minimum absolute atomic E-state index is 0.0460. The zero-order chi connectivity index (χ0) is 14.3. The number of nitrogens with zero attached hydrogens (tertiary/aromatic N) is 2. The monoisotopic (exact) mass is 314 g/mol. The van der Waals surface area contributed by atoms with E-state index >= 15 is 0 Å². The molecule has 20 heavy (non-hydrogen) atoms. The van der Waals surface area contributed by atoms with Crippen LogP contribution in [0.4, 0.5) is 5.69 Å². The molecule has 0 amide bonds. The smallest absolute Gasteiger partial charge is 0.284 e. The molecule has 1 aromatic rings. The van der Waals surface area contributed by atoms with Gasteiger partial charge in [0, 0.05) is 31.5 Å². The van der Waals surface area contributed by atoms with Gasteiger partial charge in [0.2, 0.25) is 0 Å². The Bertz CT molecular complexity index is 664. The number of ether oxygens (including phenoxy) is 1. The molecule has 0 spiro atoms. The van der Waals surface area contributed by atoms with Crippen LogP contribution in [-0.2, 0) is 14.8 Å². The molecule has 7 heteroatoms. The van der Waals surface area contributed by atoms with E-state index in [0.29, 0.717) is 11.7 Å². The first-order valence-electron chi connectivity index (χ1n) is 6.44. The molecule has 0 N–H and O–H groups in total. The highest BCUT2D eigenvalue weighted by atomic mass is 35.5. The Hall–Kier alpha value is -1.11. The standard InChI is InChI=1S/C13H15ClN2O3S/c1-19-10-4-6-16(7-5-10)9-2-3-11-12(8-9)20(17,18)15-13(11)14/h2-3,8,10H,4-7H2,1H3. The van der Waals surface area contributed by atoms with Gasteiger partial charge in [-0.25, -0.2) is 0 Å².